The summed E-state index contributed by atoms with van der Waals surface area (Å²) < 4.78 is 27.7. The number of nitrogens with zero attached hydrogens (tertiary/aromatic N) is 1. The Kier molecular flexibility index (Phi) is 5.47. The maximum Gasteiger partial charge on any atom is 0.368 e. The summed E-state index contributed by atoms with van der Waals surface area (Å²) in [6.45, 7) is 3.53. The molecule has 8 heteroatoms. The number of hydrogen-bond donors (Lipinski definition) is 0. The second kappa shape index (κ2) is 6.65. The molecule has 7 nitrogen and oxygen atoms in total. The number of methoxy groups -OCH3 is 1. The van der Waals surface area contributed by atoms with Gasteiger partial charge in [-0.1, -0.05) is 0 Å². The Morgan fingerprint density at radius 1 is 1.26 bits per heavy atom. The van der Waals surface area contributed by atoms with Gasteiger partial charge in [-0.2, -0.15) is 0 Å². The highest BCUT2D eigenvalue weighted by atomic mass is 31.2. The number of nitro groups is 1. The third-order valence-corrected chi connectivity index (χ3v) is 4.44. The van der Waals surface area contributed by atoms with E-state index >= 15 is 0 Å². The van der Waals surface area contributed by atoms with E-state index in [2.05, 4.69) is 0 Å². The fraction of sp³-hybridized carbons (Fsp3) is 0.455. The van der Waals surface area contributed by atoms with Crippen molar-refractivity contribution in [3.05, 3.63) is 28.3 Å². The summed E-state index contributed by atoms with van der Waals surface area (Å²) in [5, 5.41) is 11.0. The van der Waals surface area contributed by atoms with Crippen LogP contribution in [0.15, 0.2) is 18.2 Å². The van der Waals surface area contributed by atoms with Crippen molar-refractivity contribution in [2.24, 2.45) is 0 Å². The zero-order chi connectivity index (χ0) is 14.5. The van der Waals surface area contributed by atoms with E-state index in [0.717, 1.165) is 0 Å². The fourth-order valence-electron chi connectivity index (χ4n) is 1.52. The third-order valence-electron chi connectivity index (χ3n) is 2.27. The number of hydrogen-bond acceptors (Lipinski definition) is 6. The van der Waals surface area contributed by atoms with Gasteiger partial charge >= 0.3 is 7.60 Å². The summed E-state index contributed by atoms with van der Waals surface area (Å²) >= 11 is 0. The van der Waals surface area contributed by atoms with Crippen LogP contribution in [0.25, 0.3) is 0 Å². The van der Waals surface area contributed by atoms with Gasteiger partial charge in [0.2, 0.25) is 0 Å². The molecule has 0 aliphatic rings. The first kappa shape index (κ1) is 15.6. The van der Waals surface area contributed by atoms with Crippen LogP contribution in [0.4, 0.5) is 5.69 Å². The van der Waals surface area contributed by atoms with Crippen LogP contribution in [0, 0.1) is 10.1 Å². The van der Waals surface area contributed by atoms with Crippen molar-refractivity contribution in [3.63, 3.8) is 0 Å². The molecule has 0 N–H and O–H groups in total. The van der Waals surface area contributed by atoms with E-state index in [0.29, 0.717) is 5.75 Å². The summed E-state index contributed by atoms with van der Waals surface area (Å²) in [4.78, 5) is 10.4. The van der Waals surface area contributed by atoms with Gasteiger partial charge in [0.15, 0.2) is 0 Å². The van der Waals surface area contributed by atoms with Gasteiger partial charge in [0.05, 0.1) is 31.3 Å². The summed E-state index contributed by atoms with van der Waals surface area (Å²) in [5.41, 5.74) is -0.343. The molecule has 0 fully saturated rings. The van der Waals surface area contributed by atoms with E-state index < -0.39 is 12.5 Å². The number of benzene rings is 1. The summed E-state index contributed by atoms with van der Waals surface area (Å²) in [6.07, 6.45) is 0. The van der Waals surface area contributed by atoms with Gasteiger partial charge in [0.25, 0.3) is 5.69 Å². The lowest BCUT2D eigenvalue weighted by atomic mass is 10.3. The Bertz CT molecular complexity index is 494. The molecule has 0 unspecified atom stereocenters. The highest BCUT2D eigenvalue weighted by Crippen LogP contribution is 2.49. The molecular formula is C11H16NO6P. The molecule has 1 aromatic carbocycles. The molecule has 0 radical (unpaired) electrons. The average molecular weight is 289 g/mol. The van der Waals surface area contributed by atoms with Gasteiger partial charge in [0.1, 0.15) is 11.1 Å². The smallest absolute Gasteiger partial charge is 0.368 e. The minimum atomic E-state index is -3.69. The van der Waals surface area contributed by atoms with Gasteiger partial charge in [-0.3, -0.25) is 14.7 Å². The van der Waals surface area contributed by atoms with E-state index in [-0.39, 0.29) is 24.2 Å². The van der Waals surface area contributed by atoms with Crippen LogP contribution in [0.2, 0.25) is 0 Å². The predicted molar refractivity (Wildman–Crippen MR) is 70.1 cm³/mol. The van der Waals surface area contributed by atoms with E-state index in [1.54, 1.807) is 13.8 Å². The van der Waals surface area contributed by atoms with Gasteiger partial charge < -0.3 is 13.8 Å². The Labute approximate surface area is 111 Å². The highest BCUT2D eigenvalue weighted by Gasteiger charge is 2.34. The minimum absolute atomic E-state index is 0.0676. The maximum atomic E-state index is 12.6. The molecule has 0 atom stereocenters. The van der Waals surface area contributed by atoms with Gasteiger partial charge in [0, 0.05) is 0 Å². The van der Waals surface area contributed by atoms with Gasteiger partial charge in [-0.25, -0.2) is 0 Å². The molecule has 0 saturated heterocycles. The van der Waals surface area contributed by atoms with E-state index in [1.807, 2.05) is 0 Å². The molecule has 0 bridgehead atoms. The summed E-state index contributed by atoms with van der Waals surface area (Å²) in [5.74, 6) is 0.301. The first-order valence-corrected chi connectivity index (χ1v) is 7.24. The van der Waals surface area contributed by atoms with Crippen LogP contribution in [0.5, 0.6) is 5.75 Å². The molecule has 0 aromatic heterocycles. The second-order valence-corrected chi connectivity index (χ2v) is 5.44. The highest BCUT2D eigenvalue weighted by molar-refractivity contribution is 7.62. The standard InChI is InChI=1S/C11H16NO6P/c1-4-17-19(15,18-5-2)11-7-6-9(16-3)8-10(11)12(13)14/h6-8H,4-5H2,1-3H3. The summed E-state index contributed by atoms with van der Waals surface area (Å²) in [7, 11) is -2.30. The van der Waals surface area contributed by atoms with Crippen molar-refractivity contribution >= 4 is 18.6 Å². The zero-order valence-corrected chi connectivity index (χ0v) is 11.9. The molecule has 0 aliphatic heterocycles. The molecule has 0 amide bonds. The average Bonchev–Trinajstić information content (AvgIpc) is 2.38. The monoisotopic (exact) mass is 289 g/mol. The molecule has 0 heterocycles. The molecule has 1 rings (SSSR count). The van der Waals surface area contributed by atoms with E-state index in [9.17, 15) is 14.7 Å². The minimum Gasteiger partial charge on any atom is -0.497 e. The van der Waals surface area contributed by atoms with E-state index in [1.165, 1.54) is 25.3 Å². The summed E-state index contributed by atoms with van der Waals surface area (Å²) in [6, 6.07) is 4.01. The SMILES string of the molecule is CCOP(=O)(OCC)c1ccc(OC)cc1[N+](=O)[O-]. The number of nitro benzene ring substituents is 1. The fourth-order valence-corrected chi connectivity index (χ4v) is 3.24. The Morgan fingerprint density at radius 2 is 1.84 bits per heavy atom. The lowest BCUT2D eigenvalue weighted by Gasteiger charge is -2.17. The topological polar surface area (TPSA) is 87.9 Å². The molecule has 0 saturated carbocycles. The van der Waals surface area contributed by atoms with Crippen molar-refractivity contribution in [3.8, 4) is 5.75 Å². The predicted octanol–water partition coefficient (Wildman–Crippen LogP) is 2.49. The van der Waals surface area contributed by atoms with Gasteiger partial charge in [-0.15, -0.1) is 0 Å². The lowest BCUT2D eigenvalue weighted by Crippen LogP contribution is -2.15. The van der Waals surface area contributed by atoms with Crippen molar-refractivity contribution in [2.75, 3.05) is 20.3 Å². The lowest BCUT2D eigenvalue weighted by molar-refractivity contribution is -0.383. The number of rotatable bonds is 7. The molecule has 0 spiro atoms. The van der Waals surface area contributed by atoms with Crippen LogP contribution >= 0.6 is 7.60 Å². The Balaban J connectivity index is 3.37. The van der Waals surface area contributed by atoms with Crippen LogP contribution in [0.3, 0.4) is 0 Å². The number of ether oxygens (including phenoxy) is 1. The van der Waals surface area contributed by atoms with Crippen LogP contribution in [0.1, 0.15) is 13.8 Å². The normalized spacial score (nSPS) is 11.3. The first-order chi connectivity index (χ1) is 8.98. The largest absolute Gasteiger partial charge is 0.497 e. The maximum absolute atomic E-state index is 12.6. The van der Waals surface area contributed by atoms with Crippen LogP contribution < -0.4 is 10.0 Å². The van der Waals surface area contributed by atoms with Gasteiger partial charge in [-0.05, 0) is 26.0 Å². The van der Waals surface area contributed by atoms with Crippen molar-refractivity contribution in [1.82, 2.24) is 0 Å². The molecule has 1 aromatic rings. The Hall–Kier alpha value is -1.43. The zero-order valence-electron chi connectivity index (χ0n) is 11.0. The Morgan fingerprint density at radius 3 is 2.26 bits per heavy atom. The third kappa shape index (κ3) is 3.53. The molecular weight excluding hydrogens is 273 g/mol. The van der Waals surface area contributed by atoms with Crippen molar-refractivity contribution < 1.29 is 23.3 Å². The molecule has 106 valence electrons. The second-order valence-electron chi connectivity index (χ2n) is 3.44. The van der Waals surface area contributed by atoms with Crippen molar-refractivity contribution in [2.45, 2.75) is 13.8 Å². The van der Waals surface area contributed by atoms with E-state index in [4.69, 9.17) is 13.8 Å². The van der Waals surface area contributed by atoms with Crippen LogP contribution in [-0.2, 0) is 13.6 Å². The van der Waals surface area contributed by atoms with Crippen LogP contribution in [-0.4, -0.2) is 25.2 Å². The molecule has 0 aliphatic carbocycles. The molecule has 19 heavy (non-hydrogen) atoms. The first-order valence-electron chi connectivity index (χ1n) is 5.70. The van der Waals surface area contributed by atoms with Crippen molar-refractivity contribution in [1.29, 1.82) is 0 Å². The quantitative estimate of drug-likeness (QED) is 0.435.